The van der Waals surface area contributed by atoms with Gasteiger partial charge < -0.3 is 10.6 Å². The van der Waals surface area contributed by atoms with Crippen molar-refractivity contribution >= 4 is 23.1 Å². The largest absolute Gasteiger partial charge is 0.392 e. The van der Waals surface area contributed by atoms with Gasteiger partial charge in [-0.05, 0) is 18.8 Å². The lowest BCUT2D eigenvalue weighted by Gasteiger charge is -2.35. The summed E-state index contributed by atoms with van der Waals surface area (Å²) in [6, 6.07) is 0. The zero-order chi connectivity index (χ0) is 14.3. The SMILES string of the molecule is CCCC(CCC)(C(=O)N(C)CC(C)C)C(N)=S. The van der Waals surface area contributed by atoms with Crippen LogP contribution in [0.3, 0.4) is 0 Å². The highest BCUT2D eigenvalue weighted by Gasteiger charge is 2.41. The van der Waals surface area contributed by atoms with E-state index in [1.807, 2.05) is 7.05 Å². The second kappa shape index (κ2) is 7.72. The molecule has 0 aromatic carbocycles. The fourth-order valence-electron chi connectivity index (χ4n) is 2.54. The summed E-state index contributed by atoms with van der Waals surface area (Å²) in [6.45, 7) is 9.09. The van der Waals surface area contributed by atoms with Crippen LogP contribution in [0.1, 0.15) is 53.4 Å². The van der Waals surface area contributed by atoms with Crippen LogP contribution in [-0.2, 0) is 4.79 Å². The van der Waals surface area contributed by atoms with E-state index in [0.29, 0.717) is 10.9 Å². The van der Waals surface area contributed by atoms with E-state index in [1.165, 1.54) is 0 Å². The Morgan fingerprint density at radius 3 is 2.00 bits per heavy atom. The van der Waals surface area contributed by atoms with Gasteiger partial charge in [0.25, 0.3) is 0 Å². The number of amides is 1. The predicted molar refractivity (Wildman–Crippen MR) is 81.5 cm³/mol. The van der Waals surface area contributed by atoms with E-state index in [4.69, 9.17) is 18.0 Å². The van der Waals surface area contributed by atoms with Crippen molar-refractivity contribution in [3.05, 3.63) is 0 Å². The predicted octanol–water partition coefficient (Wildman–Crippen LogP) is 2.97. The summed E-state index contributed by atoms with van der Waals surface area (Å²) in [5.74, 6) is 0.540. The molecule has 4 heteroatoms. The molecular weight excluding hydrogens is 244 g/mol. The van der Waals surface area contributed by atoms with Crippen molar-refractivity contribution in [1.82, 2.24) is 4.90 Å². The van der Waals surface area contributed by atoms with Crippen molar-refractivity contribution in [2.24, 2.45) is 17.1 Å². The van der Waals surface area contributed by atoms with Gasteiger partial charge in [0.2, 0.25) is 5.91 Å². The molecule has 0 aliphatic heterocycles. The zero-order valence-electron chi connectivity index (χ0n) is 12.5. The number of thiocarbonyl (C=S) groups is 1. The number of carbonyl (C=O) groups is 1. The van der Waals surface area contributed by atoms with E-state index in [9.17, 15) is 4.79 Å². The van der Waals surface area contributed by atoms with Gasteiger partial charge in [0.15, 0.2) is 0 Å². The minimum Gasteiger partial charge on any atom is -0.392 e. The standard InChI is InChI=1S/C14H28N2OS/c1-6-8-14(9-7-2,12(15)18)13(17)16(5)10-11(3)4/h11H,6-10H2,1-5H3,(H2,15,18). The number of carbonyl (C=O) groups excluding carboxylic acids is 1. The van der Waals surface area contributed by atoms with Crippen LogP contribution in [0, 0.1) is 11.3 Å². The average Bonchev–Trinajstić information content (AvgIpc) is 2.26. The summed E-state index contributed by atoms with van der Waals surface area (Å²) < 4.78 is 0. The molecule has 3 nitrogen and oxygen atoms in total. The Labute approximate surface area is 117 Å². The summed E-state index contributed by atoms with van der Waals surface area (Å²) in [7, 11) is 1.85. The van der Waals surface area contributed by atoms with Gasteiger partial charge in [-0.3, -0.25) is 4.79 Å². The van der Waals surface area contributed by atoms with Gasteiger partial charge >= 0.3 is 0 Å². The Morgan fingerprint density at radius 2 is 1.72 bits per heavy atom. The van der Waals surface area contributed by atoms with Gasteiger partial charge in [0.05, 0.1) is 10.4 Å². The molecule has 0 aliphatic rings. The third kappa shape index (κ3) is 4.23. The van der Waals surface area contributed by atoms with E-state index in [-0.39, 0.29) is 5.91 Å². The normalized spacial score (nSPS) is 11.7. The maximum atomic E-state index is 12.7. The van der Waals surface area contributed by atoms with Gasteiger partial charge in [0.1, 0.15) is 0 Å². The van der Waals surface area contributed by atoms with Gasteiger partial charge in [0, 0.05) is 13.6 Å². The number of hydrogen-bond donors (Lipinski definition) is 1. The average molecular weight is 272 g/mol. The van der Waals surface area contributed by atoms with Crippen molar-refractivity contribution in [2.45, 2.75) is 53.4 Å². The monoisotopic (exact) mass is 272 g/mol. The van der Waals surface area contributed by atoms with Crippen LogP contribution >= 0.6 is 12.2 Å². The molecule has 0 aromatic rings. The molecule has 0 rings (SSSR count). The fourth-order valence-corrected chi connectivity index (χ4v) is 2.83. The van der Waals surface area contributed by atoms with E-state index < -0.39 is 5.41 Å². The Hall–Kier alpha value is -0.640. The molecule has 0 heterocycles. The fraction of sp³-hybridized carbons (Fsp3) is 0.857. The molecule has 1 amide bonds. The minimum absolute atomic E-state index is 0.0902. The van der Waals surface area contributed by atoms with Gasteiger partial charge in [-0.15, -0.1) is 0 Å². The molecule has 18 heavy (non-hydrogen) atoms. The number of rotatable bonds is 8. The highest BCUT2D eigenvalue weighted by Crippen LogP contribution is 2.32. The lowest BCUT2D eigenvalue weighted by molar-refractivity contribution is -0.138. The maximum Gasteiger partial charge on any atom is 0.235 e. The first-order valence-corrected chi connectivity index (χ1v) is 7.28. The maximum absolute atomic E-state index is 12.7. The van der Waals surface area contributed by atoms with Crippen LogP contribution in [0.25, 0.3) is 0 Å². The Balaban J connectivity index is 5.15. The van der Waals surface area contributed by atoms with Crippen LogP contribution in [0.4, 0.5) is 0 Å². The van der Waals surface area contributed by atoms with Crippen LogP contribution in [0.5, 0.6) is 0 Å². The lowest BCUT2D eigenvalue weighted by Crippen LogP contribution is -2.50. The van der Waals surface area contributed by atoms with Crippen molar-refractivity contribution in [3.8, 4) is 0 Å². The number of hydrogen-bond acceptors (Lipinski definition) is 2. The smallest absolute Gasteiger partial charge is 0.235 e. The second-order valence-electron chi connectivity index (χ2n) is 5.53. The molecule has 0 saturated heterocycles. The molecule has 0 saturated carbocycles. The third-order valence-electron chi connectivity index (χ3n) is 3.22. The number of nitrogens with two attached hydrogens (primary N) is 1. The molecule has 0 aliphatic carbocycles. The molecule has 0 bridgehead atoms. The van der Waals surface area contributed by atoms with Crippen LogP contribution < -0.4 is 5.73 Å². The number of nitrogens with zero attached hydrogens (tertiary/aromatic N) is 1. The van der Waals surface area contributed by atoms with Crippen molar-refractivity contribution in [1.29, 1.82) is 0 Å². The second-order valence-corrected chi connectivity index (χ2v) is 5.97. The van der Waals surface area contributed by atoms with Crippen LogP contribution in [0.2, 0.25) is 0 Å². The molecule has 0 fully saturated rings. The summed E-state index contributed by atoms with van der Waals surface area (Å²) in [5, 5.41) is 0. The van der Waals surface area contributed by atoms with Gasteiger partial charge in [-0.25, -0.2) is 0 Å². The summed E-state index contributed by atoms with van der Waals surface area (Å²) in [4.78, 5) is 14.8. The quantitative estimate of drug-likeness (QED) is 0.691. The molecule has 106 valence electrons. The molecule has 0 radical (unpaired) electrons. The first kappa shape index (κ1) is 17.4. The van der Waals surface area contributed by atoms with E-state index in [2.05, 4.69) is 27.7 Å². The summed E-state index contributed by atoms with van der Waals surface area (Å²) in [6.07, 6.45) is 3.33. The van der Waals surface area contributed by atoms with Crippen molar-refractivity contribution < 1.29 is 4.79 Å². The van der Waals surface area contributed by atoms with Gasteiger partial charge in [-0.1, -0.05) is 52.8 Å². The molecule has 2 N–H and O–H groups in total. The first-order chi connectivity index (χ1) is 8.31. The summed E-state index contributed by atoms with van der Waals surface area (Å²) in [5.41, 5.74) is 5.26. The first-order valence-electron chi connectivity index (χ1n) is 6.87. The lowest BCUT2D eigenvalue weighted by atomic mass is 9.77. The van der Waals surface area contributed by atoms with E-state index >= 15 is 0 Å². The highest BCUT2D eigenvalue weighted by atomic mass is 32.1. The van der Waals surface area contributed by atoms with Crippen molar-refractivity contribution in [3.63, 3.8) is 0 Å². The molecular formula is C14H28N2OS. The minimum atomic E-state index is -0.636. The highest BCUT2D eigenvalue weighted by molar-refractivity contribution is 7.80. The molecule has 0 spiro atoms. The van der Waals surface area contributed by atoms with E-state index in [0.717, 1.165) is 32.2 Å². The third-order valence-corrected chi connectivity index (χ3v) is 3.61. The van der Waals surface area contributed by atoms with Crippen molar-refractivity contribution in [2.75, 3.05) is 13.6 Å². The molecule has 0 unspecified atom stereocenters. The Kier molecular flexibility index (Phi) is 7.45. The van der Waals surface area contributed by atoms with Crippen LogP contribution in [0.15, 0.2) is 0 Å². The summed E-state index contributed by atoms with van der Waals surface area (Å²) >= 11 is 5.20. The zero-order valence-corrected chi connectivity index (χ0v) is 13.3. The Bertz CT molecular complexity index is 284. The van der Waals surface area contributed by atoms with E-state index in [1.54, 1.807) is 4.90 Å². The van der Waals surface area contributed by atoms with Crippen LogP contribution in [-0.4, -0.2) is 29.4 Å². The van der Waals surface area contributed by atoms with Gasteiger partial charge in [-0.2, -0.15) is 0 Å². The molecule has 0 aromatic heterocycles. The Morgan fingerprint density at radius 1 is 1.28 bits per heavy atom. The topological polar surface area (TPSA) is 46.3 Å². The molecule has 0 atom stereocenters.